The van der Waals surface area contributed by atoms with Crippen LogP contribution in [0.15, 0.2) is 53.0 Å². The van der Waals surface area contributed by atoms with Crippen LogP contribution in [0, 0.1) is 10.1 Å². The topological polar surface area (TPSA) is 129 Å². The maximum Gasteiger partial charge on any atom is 0.407 e. The Morgan fingerprint density at radius 2 is 1.63 bits per heavy atom. The zero-order valence-corrected chi connectivity index (χ0v) is 21.8. The van der Waals surface area contributed by atoms with Crippen molar-refractivity contribution in [2.24, 2.45) is 0 Å². The van der Waals surface area contributed by atoms with Gasteiger partial charge in [-0.05, 0) is 62.2 Å². The van der Waals surface area contributed by atoms with Crippen molar-refractivity contribution in [3.8, 4) is 5.75 Å². The van der Waals surface area contributed by atoms with Crippen LogP contribution in [-0.2, 0) is 16.1 Å². The van der Waals surface area contributed by atoms with E-state index in [1.54, 1.807) is 34.6 Å². The largest absolute Gasteiger partial charge is 0.485 e. The highest BCUT2D eigenvalue weighted by Gasteiger charge is 2.31. The molecule has 0 radical (unpaired) electrons. The van der Waals surface area contributed by atoms with Crippen molar-refractivity contribution < 1.29 is 28.7 Å². The minimum atomic E-state index is -0.787. The summed E-state index contributed by atoms with van der Waals surface area (Å²) in [6.07, 6.45) is -2.10. The molecule has 0 saturated heterocycles. The summed E-state index contributed by atoms with van der Waals surface area (Å²) in [5, 5.41) is 16.5. The van der Waals surface area contributed by atoms with Crippen molar-refractivity contribution in [2.45, 2.75) is 65.0 Å². The van der Waals surface area contributed by atoms with Crippen LogP contribution in [0.5, 0.6) is 5.75 Å². The Morgan fingerprint density at radius 1 is 1.03 bits per heavy atom. The molecule has 0 aliphatic rings. The Labute approximate surface area is 212 Å². The van der Waals surface area contributed by atoms with Gasteiger partial charge in [-0.25, -0.2) is 9.59 Å². The number of ether oxygens (including phenoxy) is 3. The molecule has 0 spiro atoms. The summed E-state index contributed by atoms with van der Waals surface area (Å²) in [4.78, 5) is 35.3. The highest BCUT2D eigenvalue weighted by atomic mass is 79.9. The summed E-state index contributed by atoms with van der Waals surface area (Å²) >= 11 is 3.28. The van der Waals surface area contributed by atoms with Gasteiger partial charge in [-0.1, -0.05) is 30.3 Å². The highest BCUT2D eigenvalue weighted by Crippen LogP contribution is 2.30. The molecule has 11 heteroatoms. The van der Waals surface area contributed by atoms with E-state index >= 15 is 0 Å². The van der Waals surface area contributed by atoms with Crippen LogP contribution in [0.3, 0.4) is 0 Å². The number of nitro benzene ring substituents is 1. The second kappa shape index (κ2) is 12.4. The summed E-state index contributed by atoms with van der Waals surface area (Å²) in [5.74, 6) is 0.296. The number of halogens is 1. The van der Waals surface area contributed by atoms with E-state index in [9.17, 15) is 19.7 Å². The monoisotopic (exact) mass is 551 g/mol. The van der Waals surface area contributed by atoms with Gasteiger partial charge < -0.3 is 24.8 Å². The number of hydrogen-bond acceptors (Lipinski definition) is 7. The molecule has 0 fully saturated rings. The Hall–Kier alpha value is -3.34. The molecule has 10 nitrogen and oxygen atoms in total. The Bertz CT molecular complexity index is 1030. The highest BCUT2D eigenvalue weighted by molar-refractivity contribution is 9.10. The van der Waals surface area contributed by atoms with Gasteiger partial charge in [0.1, 0.15) is 24.1 Å². The van der Waals surface area contributed by atoms with Gasteiger partial charge in [0.05, 0.1) is 21.5 Å². The van der Waals surface area contributed by atoms with E-state index < -0.39 is 40.9 Å². The van der Waals surface area contributed by atoms with Crippen LogP contribution in [0.4, 0.5) is 15.3 Å². The Balaban J connectivity index is 2.15. The molecule has 2 aromatic rings. The van der Waals surface area contributed by atoms with E-state index in [-0.39, 0.29) is 12.3 Å². The third-order valence-corrected chi connectivity index (χ3v) is 5.30. The van der Waals surface area contributed by atoms with Gasteiger partial charge in [0, 0.05) is 12.1 Å². The summed E-state index contributed by atoms with van der Waals surface area (Å²) < 4.78 is 17.0. The smallest absolute Gasteiger partial charge is 0.407 e. The molecule has 2 amide bonds. The molecule has 190 valence electrons. The lowest BCUT2D eigenvalue weighted by molar-refractivity contribution is -0.385. The number of hydrogen-bond donors (Lipinski definition) is 2. The lowest BCUT2D eigenvalue weighted by atomic mass is 10.1. The normalized spacial score (nSPS) is 13.7. The van der Waals surface area contributed by atoms with Crippen LogP contribution >= 0.6 is 15.9 Å². The van der Waals surface area contributed by atoms with Gasteiger partial charge in [-0.3, -0.25) is 10.1 Å². The average Bonchev–Trinajstić information content (AvgIpc) is 2.75. The van der Waals surface area contributed by atoms with E-state index in [1.807, 2.05) is 30.3 Å². The van der Waals surface area contributed by atoms with Gasteiger partial charge in [-0.15, -0.1) is 0 Å². The first kappa shape index (κ1) is 27.9. The second-order valence-corrected chi connectivity index (χ2v) is 9.74. The number of nitrogens with zero attached hydrogens (tertiary/aromatic N) is 1. The molecule has 0 aromatic heterocycles. The zero-order chi connectivity index (χ0) is 26.2. The van der Waals surface area contributed by atoms with Crippen molar-refractivity contribution >= 4 is 33.8 Å². The first-order valence-corrected chi connectivity index (χ1v) is 11.7. The maximum atomic E-state index is 12.4. The molecule has 0 saturated carbocycles. The minimum absolute atomic E-state index is 0.0878. The molecule has 35 heavy (non-hydrogen) atoms. The number of nitrogens with one attached hydrogen (secondary N) is 2. The zero-order valence-electron chi connectivity index (χ0n) is 20.2. The molecule has 2 aromatic carbocycles. The molecule has 0 unspecified atom stereocenters. The average molecular weight is 552 g/mol. The number of non-ortho nitro benzene ring substituents is 1. The molecule has 2 N–H and O–H groups in total. The van der Waals surface area contributed by atoms with Crippen LogP contribution in [0.2, 0.25) is 0 Å². The number of alkyl carbamates (subject to hydrolysis) is 2. The van der Waals surface area contributed by atoms with Gasteiger partial charge in [0.25, 0.3) is 5.69 Å². The van der Waals surface area contributed by atoms with Gasteiger partial charge >= 0.3 is 12.2 Å². The van der Waals surface area contributed by atoms with E-state index in [1.165, 1.54) is 18.2 Å². The lowest BCUT2D eigenvalue weighted by Gasteiger charge is -2.32. The summed E-state index contributed by atoms with van der Waals surface area (Å²) in [7, 11) is 0. The standard InChI is InChI=1S/C24H30BrN3O7/c1-15(26-22(29)33-14-17-9-7-6-8-10-17)21(16(2)27-23(30)35-24(3,4)5)34-20-12-11-18(28(31)32)13-19(20)25/h6-13,15-16,21H,14H2,1-5H3,(H,26,29)(H,27,30)/t15-,16+,21+/m1/s1. The Morgan fingerprint density at radius 3 is 2.17 bits per heavy atom. The van der Waals surface area contributed by atoms with Crippen LogP contribution in [0.1, 0.15) is 40.2 Å². The summed E-state index contributed by atoms with van der Waals surface area (Å²) in [6, 6.07) is 12.0. The molecule has 0 bridgehead atoms. The third-order valence-electron chi connectivity index (χ3n) is 4.68. The molecule has 0 aliphatic carbocycles. The molecule has 0 heterocycles. The van der Waals surface area contributed by atoms with E-state index in [0.29, 0.717) is 10.2 Å². The number of carbonyl (C=O) groups excluding carboxylic acids is 2. The SMILES string of the molecule is C[C@H](NC(=O)OC(C)(C)C)[C@@H](Oc1ccc([N+](=O)[O-])cc1Br)[C@@H](C)NC(=O)OCc1ccccc1. The van der Waals surface area contributed by atoms with Crippen molar-refractivity contribution in [1.29, 1.82) is 0 Å². The first-order chi connectivity index (χ1) is 16.4. The third kappa shape index (κ3) is 9.44. The fourth-order valence-electron chi connectivity index (χ4n) is 3.09. The van der Waals surface area contributed by atoms with Crippen molar-refractivity contribution in [2.75, 3.05) is 0 Å². The quantitative estimate of drug-likeness (QED) is 0.318. The second-order valence-electron chi connectivity index (χ2n) is 8.88. The van der Waals surface area contributed by atoms with Gasteiger partial charge in [-0.2, -0.15) is 0 Å². The lowest BCUT2D eigenvalue weighted by Crippen LogP contribution is -2.55. The molecule has 3 atom stereocenters. The first-order valence-electron chi connectivity index (χ1n) is 10.9. The molecule has 0 aliphatic heterocycles. The van der Waals surface area contributed by atoms with Crippen molar-refractivity contribution in [3.05, 3.63) is 68.7 Å². The van der Waals surface area contributed by atoms with Crippen LogP contribution in [-0.4, -0.2) is 40.9 Å². The fourth-order valence-corrected chi connectivity index (χ4v) is 3.55. The summed E-state index contributed by atoms with van der Waals surface area (Å²) in [5.41, 5.74) is 0.0152. The number of amides is 2. The fraction of sp³-hybridized carbons (Fsp3) is 0.417. The van der Waals surface area contributed by atoms with Crippen LogP contribution in [0.25, 0.3) is 0 Å². The molecular weight excluding hydrogens is 522 g/mol. The predicted octanol–water partition coefficient (Wildman–Crippen LogP) is 5.33. The maximum absolute atomic E-state index is 12.4. The van der Waals surface area contributed by atoms with E-state index in [2.05, 4.69) is 26.6 Å². The Kier molecular flexibility index (Phi) is 9.88. The summed E-state index contributed by atoms with van der Waals surface area (Å²) in [6.45, 7) is 8.71. The predicted molar refractivity (Wildman–Crippen MR) is 133 cm³/mol. The minimum Gasteiger partial charge on any atom is -0.485 e. The number of nitro groups is 1. The van der Waals surface area contributed by atoms with Crippen LogP contribution < -0.4 is 15.4 Å². The van der Waals surface area contributed by atoms with E-state index in [4.69, 9.17) is 14.2 Å². The van der Waals surface area contributed by atoms with E-state index in [0.717, 1.165) is 5.56 Å². The van der Waals surface area contributed by atoms with Gasteiger partial charge in [0.2, 0.25) is 0 Å². The van der Waals surface area contributed by atoms with Crippen molar-refractivity contribution in [1.82, 2.24) is 10.6 Å². The van der Waals surface area contributed by atoms with Crippen molar-refractivity contribution in [3.63, 3.8) is 0 Å². The molecule has 2 rings (SSSR count). The number of carbonyl (C=O) groups is 2. The number of benzene rings is 2. The number of rotatable bonds is 9. The molecular formula is C24H30BrN3O7. The van der Waals surface area contributed by atoms with Gasteiger partial charge in [0.15, 0.2) is 0 Å².